The van der Waals surface area contributed by atoms with Crippen LogP contribution in [-0.2, 0) is 24.4 Å². The number of piperidine rings is 1. The standard InChI is InChI=1S/C25H31N5O2S/c1-18-11-13-29(14-12-18)16-20-5-3-19(4-6-20)15-26-23(31)17-30-24(27-28-25(30)33)21-7-9-22(32-2)10-8-21/h3-10,18H,11-17H2,1-2H3,(H,26,31)(H,28,33). The number of carbonyl (C=O) groups excluding carboxylic acids is 1. The van der Waals surface area contributed by atoms with Gasteiger partial charge in [-0.2, -0.15) is 5.10 Å². The SMILES string of the molecule is COc1ccc(-c2n[nH]c(=S)n2CC(=O)NCc2ccc(CN3CCC(C)CC3)cc2)cc1. The summed E-state index contributed by atoms with van der Waals surface area (Å²) < 4.78 is 7.32. The van der Waals surface area contributed by atoms with Crippen LogP contribution in [0.25, 0.3) is 11.4 Å². The van der Waals surface area contributed by atoms with Gasteiger partial charge in [0.1, 0.15) is 12.3 Å². The maximum absolute atomic E-state index is 12.6. The van der Waals surface area contributed by atoms with Crippen molar-refractivity contribution in [3.05, 3.63) is 64.4 Å². The van der Waals surface area contributed by atoms with E-state index in [1.807, 2.05) is 24.3 Å². The quantitative estimate of drug-likeness (QED) is 0.489. The van der Waals surface area contributed by atoms with Gasteiger partial charge in [0.25, 0.3) is 0 Å². The molecule has 0 atom stereocenters. The number of likely N-dealkylation sites (tertiary alicyclic amines) is 1. The Kier molecular flexibility index (Phi) is 7.57. The molecule has 0 spiro atoms. The molecule has 8 heteroatoms. The molecule has 3 aromatic rings. The molecule has 0 aliphatic carbocycles. The predicted molar refractivity (Wildman–Crippen MR) is 131 cm³/mol. The highest BCUT2D eigenvalue weighted by Crippen LogP contribution is 2.21. The molecule has 2 heterocycles. The van der Waals surface area contributed by atoms with Gasteiger partial charge in [-0.1, -0.05) is 31.2 Å². The zero-order valence-corrected chi connectivity index (χ0v) is 20.0. The summed E-state index contributed by atoms with van der Waals surface area (Å²) in [6, 6.07) is 16.0. The van der Waals surface area contributed by atoms with Crippen molar-refractivity contribution in [1.82, 2.24) is 25.0 Å². The summed E-state index contributed by atoms with van der Waals surface area (Å²) in [6.45, 7) is 6.25. The van der Waals surface area contributed by atoms with Gasteiger partial charge in [-0.3, -0.25) is 19.4 Å². The second-order valence-corrected chi connectivity index (χ2v) is 9.11. The number of carbonyl (C=O) groups is 1. The zero-order chi connectivity index (χ0) is 23.2. The topological polar surface area (TPSA) is 75.2 Å². The number of ether oxygens (including phenoxy) is 1. The van der Waals surface area contributed by atoms with E-state index in [1.165, 1.54) is 31.5 Å². The lowest BCUT2D eigenvalue weighted by atomic mass is 9.99. The predicted octanol–water partition coefficient (Wildman–Crippen LogP) is 4.16. The molecule has 33 heavy (non-hydrogen) atoms. The third kappa shape index (κ3) is 6.09. The van der Waals surface area contributed by atoms with Crippen LogP contribution in [-0.4, -0.2) is 45.8 Å². The summed E-state index contributed by atoms with van der Waals surface area (Å²) in [5.41, 5.74) is 3.24. The van der Waals surface area contributed by atoms with Gasteiger partial charge in [-0.05, 0) is 79.5 Å². The Morgan fingerprint density at radius 3 is 2.45 bits per heavy atom. The van der Waals surface area contributed by atoms with Crippen LogP contribution in [0.15, 0.2) is 48.5 Å². The van der Waals surface area contributed by atoms with Gasteiger partial charge in [-0.25, -0.2) is 0 Å². The minimum Gasteiger partial charge on any atom is -0.497 e. The second-order valence-electron chi connectivity index (χ2n) is 8.72. The Bertz CT molecular complexity index is 1110. The van der Waals surface area contributed by atoms with Gasteiger partial charge in [0, 0.05) is 18.7 Å². The monoisotopic (exact) mass is 465 g/mol. The molecule has 1 aliphatic rings. The van der Waals surface area contributed by atoms with Crippen LogP contribution < -0.4 is 10.1 Å². The van der Waals surface area contributed by atoms with Crippen molar-refractivity contribution in [2.24, 2.45) is 5.92 Å². The van der Waals surface area contributed by atoms with E-state index < -0.39 is 0 Å². The number of aromatic amines is 1. The van der Waals surface area contributed by atoms with Crippen LogP contribution >= 0.6 is 12.2 Å². The fourth-order valence-corrected chi connectivity index (χ4v) is 4.26. The number of rotatable bonds is 8. The lowest BCUT2D eigenvalue weighted by Crippen LogP contribution is -2.32. The molecule has 2 N–H and O–H groups in total. The molecule has 2 aromatic carbocycles. The Morgan fingerprint density at radius 1 is 1.12 bits per heavy atom. The molecule has 1 aliphatic heterocycles. The summed E-state index contributed by atoms with van der Waals surface area (Å²) in [4.78, 5) is 15.1. The van der Waals surface area contributed by atoms with Crippen molar-refractivity contribution in [3.63, 3.8) is 0 Å². The van der Waals surface area contributed by atoms with Crippen LogP contribution in [0.1, 0.15) is 30.9 Å². The highest BCUT2D eigenvalue weighted by molar-refractivity contribution is 7.71. The Labute approximate surface area is 199 Å². The number of hydrogen-bond acceptors (Lipinski definition) is 5. The van der Waals surface area contributed by atoms with Crippen molar-refractivity contribution in [2.45, 2.75) is 39.4 Å². The highest BCUT2D eigenvalue weighted by atomic mass is 32.1. The van der Waals surface area contributed by atoms with Gasteiger partial charge in [0.05, 0.1) is 7.11 Å². The third-order valence-electron chi connectivity index (χ3n) is 6.20. The van der Waals surface area contributed by atoms with E-state index in [9.17, 15) is 4.79 Å². The number of methoxy groups -OCH3 is 1. The molecule has 1 amide bonds. The smallest absolute Gasteiger partial charge is 0.240 e. The summed E-state index contributed by atoms with van der Waals surface area (Å²) in [5.74, 6) is 2.10. The van der Waals surface area contributed by atoms with Crippen molar-refractivity contribution in [1.29, 1.82) is 0 Å². The Balaban J connectivity index is 1.31. The summed E-state index contributed by atoms with van der Waals surface area (Å²) in [5, 5.41) is 10.1. The first-order valence-electron chi connectivity index (χ1n) is 11.4. The number of H-pyrrole nitrogens is 1. The fourth-order valence-electron chi connectivity index (χ4n) is 4.07. The van der Waals surface area contributed by atoms with Gasteiger partial charge in [0.15, 0.2) is 10.6 Å². The number of aromatic nitrogens is 3. The number of benzene rings is 2. The van der Waals surface area contributed by atoms with E-state index in [1.54, 1.807) is 11.7 Å². The summed E-state index contributed by atoms with van der Waals surface area (Å²) >= 11 is 5.34. The van der Waals surface area contributed by atoms with Gasteiger partial charge in [0.2, 0.25) is 5.91 Å². The molecule has 0 bridgehead atoms. The normalized spacial score (nSPS) is 14.8. The molecule has 7 nitrogen and oxygen atoms in total. The Hall–Kier alpha value is -2.97. The molecule has 1 fully saturated rings. The minimum absolute atomic E-state index is 0.0994. The molecule has 0 unspecified atom stereocenters. The van der Waals surface area contributed by atoms with Crippen molar-refractivity contribution in [3.8, 4) is 17.1 Å². The number of nitrogens with zero attached hydrogens (tertiary/aromatic N) is 3. The highest BCUT2D eigenvalue weighted by Gasteiger charge is 2.16. The van der Waals surface area contributed by atoms with Crippen molar-refractivity contribution < 1.29 is 9.53 Å². The molecule has 174 valence electrons. The van der Waals surface area contributed by atoms with E-state index in [0.717, 1.165) is 29.3 Å². The minimum atomic E-state index is -0.117. The van der Waals surface area contributed by atoms with Crippen LogP contribution in [0.2, 0.25) is 0 Å². The lowest BCUT2D eigenvalue weighted by molar-refractivity contribution is -0.121. The lowest BCUT2D eigenvalue weighted by Gasteiger charge is -2.30. The number of nitrogens with one attached hydrogen (secondary N) is 2. The zero-order valence-electron chi connectivity index (χ0n) is 19.2. The first-order chi connectivity index (χ1) is 16.0. The van der Waals surface area contributed by atoms with Crippen LogP contribution in [0.5, 0.6) is 5.75 Å². The average Bonchev–Trinajstić information content (AvgIpc) is 3.20. The maximum atomic E-state index is 12.6. The average molecular weight is 466 g/mol. The van der Waals surface area contributed by atoms with Crippen LogP contribution in [0.4, 0.5) is 0 Å². The van der Waals surface area contributed by atoms with Gasteiger partial charge >= 0.3 is 0 Å². The third-order valence-corrected chi connectivity index (χ3v) is 6.51. The fraction of sp³-hybridized carbons (Fsp3) is 0.400. The van der Waals surface area contributed by atoms with E-state index in [2.05, 4.69) is 51.6 Å². The number of amides is 1. The first kappa shape index (κ1) is 23.2. The van der Waals surface area contributed by atoms with Gasteiger partial charge < -0.3 is 10.1 Å². The molecule has 1 saturated heterocycles. The molecule has 1 aromatic heterocycles. The summed E-state index contributed by atoms with van der Waals surface area (Å²) in [6.07, 6.45) is 2.57. The largest absolute Gasteiger partial charge is 0.497 e. The van der Waals surface area contributed by atoms with Gasteiger partial charge in [-0.15, -0.1) is 0 Å². The maximum Gasteiger partial charge on any atom is 0.240 e. The van der Waals surface area contributed by atoms with Crippen LogP contribution in [0, 0.1) is 10.7 Å². The molecular formula is C25H31N5O2S. The van der Waals surface area contributed by atoms with E-state index in [0.29, 0.717) is 17.1 Å². The van der Waals surface area contributed by atoms with Crippen molar-refractivity contribution >= 4 is 18.1 Å². The molecule has 0 saturated carbocycles. The number of hydrogen-bond donors (Lipinski definition) is 2. The van der Waals surface area contributed by atoms with Crippen LogP contribution in [0.3, 0.4) is 0 Å². The molecular weight excluding hydrogens is 434 g/mol. The molecule has 4 rings (SSSR count). The Morgan fingerprint density at radius 2 is 1.79 bits per heavy atom. The van der Waals surface area contributed by atoms with E-state index in [4.69, 9.17) is 17.0 Å². The van der Waals surface area contributed by atoms with E-state index in [-0.39, 0.29) is 12.5 Å². The van der Waals surface area contributed by atoms with Crippen molar-refractivity contribution in [2.75, 3.05) is 20.2 Å². The first-order valence-corrected chi connectivity index (χ1v) is 11.8. The second kappa shape index (κ2) is 10.8. The van der Waals surface area contributed by atoms with E-state index >= 15 is 0 Å². The molecule has 0 radical (unpaired) electrons. The summed E-state index contributed by atoms with van der Waals surface area (Å²) in [7, 11) is 1.62.